The molecular formula is C20H22FN7O. The van der Waals surface area contributed by atoms with Gasteiger partial charge in [-0.1, -0.05) is 32.9 Å². The van der Waals surface area contributed by atoms with Crippen molar-refractivity contribution in [3.8, 4) is 17.3 Å². The van der Waals surface area contributed by atoms with E-state index < -0.39 is 0 Å². The number of aryl methyl sites for hydroxylation is 1. The zero-order chi connectivity index (χ0) is 20.6. The van der Waals surface area contributed by atoms with Gasteiger partial charge in [-0.2, -0.15) is 10.2 Å². The Morgan fingerprint density at radius 3 is 2.69 bits per heavy atom. The number of benzene rings is 1. The van der Waals surface area contributed by atoms with E-state index in [9.17, 15) is 4.39 Å². The summed E-state index contributed by atoms with van der Waals surface area (Å²) in [4.78, 5) is 4.24. The maximum atomic E-state index is 14.4. The lowest BCUT2D eigenvalue weighted by Crippen LogP contribution is -2.14. The summed E-state index contributed by atoms with van der Waals surface area (Å²) in [5.74, 6) is 1.07. The summed E-state index contributed by atoms with van der Waals surface area (Å²) >= 11 is 0. The first-order valence-corrected chi connectivity index (χ1v) is 9.39. The maximum absolute atomic E-state index is 14.4. The van der Waals surface area contributed by atoms with Gasteiger partial charge in [-0.25, -0.2) is 18.6 Å². The lowest BCUT2D eigenvalue weighted by molar-refractivity contribution is 0.268. The van der Waals surface area contributed by atoms with Crippen LogP contribution in [0.2, 0.25) is 0 Å². The lowest BCUT2D eigenvalue weighted by atomic mass is 9.88. The number of hydrogen-bond donors (Lipinski definition) is 0. The average Bonchev–Trinajstić information content (AvgIpc) is 3.29. The molecule has 0 radical (unpaired) electrons. The van der Waals surface area contributed by atoms with Crippen LogP contribution in [-0.4, -0.2) is 34.6 Å². The molecule has 4 aromatic rings. The van der Waals surface area contributed by atoms with E-state index in [1.807, 2.05) is 6.92 Å². The number of halogens is 1. The zero-order valence-corrected chi connectivity index (χ0v) is 16.8. The monoisotopic (exact) mass is 395 g/mol. The van der Waals surface area contributed by atoms with Crippen LogP contribution >= 0.6 is 0 Å². The summed E-state index contributed by atoms with van der Waals surface area (Å²) in [5.41, 5.74) is 1.63. The van der Waals surface area contributed by atoms with Crippen LogP contribution < -0.4 is 4.74 Å². The van der Waals surface area contributed by atoms with Gasteiger partial charge in [-0.05, 0) is 24.5 Å². The van der Waals surface area contributed by atoms with E-state index in [4.69, 9.17) is 4.74 Å². The number of aromatic nitrogens is 7. The molecule has 0 saturated carbocycles. The predicted molar refractivity (Wildman–Crippen MR) is 105 cm³/mol. The highest BCUT2D eigenvalue weighted by Crippen LogP contribution is 2.36. The van der Waals surface area contributed by atoms with Crippen LogP contribution in [0.1, 0.15) is 39.1 Å². The second kappa shape index (κ2) is 7.23. The van der Waals surface area contributed by atoms with Crippen molar-refractivity contribution < 1.29 is 9.13 Å². The van der Waals surface area contributed by atoms with E-state index >= 15 is 0 Å². The summed E-state index contributed by atoms with van der Waals surface area (Å²) in [6.07, 6.45) is 3.12. The Hall–Kier alpha value is -3.36. The Labute approximate surface area is 167 Å². The molecule has 0 N–H and O–H groups in total. The third-order valence-electron chi connectivity index (χ3n) is 4.62. The van der Waals surface area contributed by atoms with Crippen LogP contribution in [0.4, 0.5) is 4.39 Å². The van der Waals surface area contributed by atoms with Gasteiger partial charge in [0, 0.05) is 12.1 Å². The molecule has 0 amide bonds. The number of nitrogens with zero attached hydrogens (tertiary/aromatic N) is 7. The number of ether oxygens (including phenoxy) is 1. The van der Waals surface area contributed by atoms with Crippen molar-refractivity contribution in [3.05, 3.63) is 54.0 Å². The van der Waals surface area contributed by atoms with E-state index in [1.165, 1.54) is 12.4 Å². The highest BCUT2D eigenvalue weighted by molar-refractivity contribution is 5.66. The van der Waals surface area contributed by atoms with Gasteiger partial charge in [0.15, 0.2) is 11.6 Å². The Kier molecular flexibility index (Phi) is 4.73. The number of fused-ring (bicyclic) bond motifs is 1. The average molecular weight is 395 g/mol. The highest BCUT2D eigenvalue weighted by atomic mass is 19.1. The molecule has 3 heterocycles. The highest BCUT2D eigenvalue weighted by Gasteiger charge is 2.28. The quantitative estimate of drug-likeness (QED) is 0.515. The SMILES string of the molecule is CCn1ncnc1COc1nn2c(-c3ccccc3F)nncc2c1C(C)(C)C. The van der Waals surface area contributed by atoms with Gasteiger partial charge in [0.1, 0.15) is 18.8 Å². The van der Waals surface area contributed by atoms with Gasteiger partial charge >= 0.3 is 0 Å². The zero-order valence-electron chi connectivity index (χ0n) is 16.8. The fourth-order valence-electron chi connectivity index (χ4n) is 3.28. The topological polar surface area (TPSA) is 83.0 Å². The summed E-state index contributed by atoms with van der Waals surface area (Å²) < 4.78 is 23.8. The summed E-state index contributed by atoms with van der Waals surface area (Å²) in [7, 11) is 0. The van der Waals surface area contributed by atoms with Gasteiger partial charge in [-0.3, -0.25) is 0 Å². The fraction of sp³-hybridized carbons (Fsp3) is 0.350. The number of hydrogen-bond acceptors (Lipinski definition) is 6. The van der Waals surface area contributed by atoms with Crippen LogP contribution in [-0.2, 0) is 18.6 Å². The minimum absolute atomic E-state index is 0.219. The molecule has 1 aromatic carbocycles. The second-order valence-corrected chi connectivity index (χ2v) is 7.66. The molecule has 0 fully saturated rings. The molecule has 0 aliphatic heterocycles. The van der Waals surface area contributed by atoms with Gasteiger partial charge in [0.2, 0.25) is 5.88 Å². The first-order chi connectivity index (χ1) is 13.9. The van der Waals surface area contributed by atoms with Crippen LogP contribution in [0, 0.1) is 5.82 Å². The number of rotatable bonds is 5. The minimum atomic E-state index is -0.388. The van der Waals surface area contributed by atoms with Crippen LogP contribution in [0.3, 0.4) is 0 Å². The normalized spacial score (nSPS) is 11.9. The van der Waals surface area contributed by atoms with Gasteiger partial charge < -0.3 is 4.74 Å². The molecule has 0 aliphatic rings. The Balaban J connectivity index is 1.84. The van der Waals surface area contributed by atoms with E-state index in [0.29, 0.717) is 29.6 Å². The van der Waals surface area contributed by atoms with Crippen molar-refractivity contribution in [3.63, 3.8) is 0 Å². The van der Waals surface area contributed by atoms with E-state index in [-0.39, 0.29) is 17.8 Å². The maximum Gasteiger partial charge on any atom is 0.238 e. The molecule has 3 aromatic heterocycles. The van der Waals surface area contributed by atoms with Crippen molar-refractivity contribution in [2.75, 3.05) is 0 Å². The molecule has 9 heteroatoms. The standard InChI is InChI=1S/C20H22FN7O/c1-5-27-16(22-12-24-27)11-29-19-17(20(2,3)4)15-10-23-25-18(28(15)26-19)13-8-6-7-9-14(13)21/h6-10,12H,5,11H2,1-4H3. The third-order valence-corrected chi connectivity index (χ3v) is 4.62. The van der Waals surface area contributed by atoms with E-state index in [0.717, 1.165) is 11.1 Å². The van der Waals surface area contributed by atoms with Gasteiger partial charge in [0.05, 0.1) is 17.3 Å². The van der Waals surface area contributed by atoms with Crippen molar-refractivity contribution in [2.24, 2.45) is 0 Å². The van der Waals surface area contributed by atoms with E-state index in [1.54, 1.807) is 33.6 Å². The van der Waals surface area contributed by atoms with Crippen LogP contribution in [0.25, 0.3) is 16.9 Å². The van der Waals surface area contributed by atoms with Crippen molar-refractivity contribution in [1.29, 1.82) is 0 Å². The Morgan fingerprint density at radius 1 is 1.17 bits per heavy atom. The molecule has 0 aliphatic carbocycles. The Bertz CT molecular complexity index is 1160. The van der Waals surface area contributed by atoms with E-state index in [2.05, 4.69) is 46.1 Å². The van der Waals surface area contributed by atoms with Crippen LogP contribution in [0.15, 0.2) is 36.8 Å². The smallest absolute Gasteiger partial charge is 0.238 e. The molecule has 0 unspecified atom stereocenters. The van der Waals surface area contributed by atoms with Crippen LogP contribution in [0.5, 0.6) is 5.88 Å². The second-order valence-electron chi connectivity index (χ2n) is 7.66. The van der Waals surface area contributed by atoms with Crippen molar-refractivity contribution in [1.82, 2.24) is 34.6 Å². The molecule has 8 nitrogen and oxygen atoms in total. The van der Waals surface area contributed by atoms with Gasteiger partial charge in [-0.15, -0.1) is 10.2 Å². The largest absolute Gasteiger partial charge is 0.468 e. The molecule has 0 atom stereocenters. The minimum Gasteiger partial charge on any atom is -0.468 e. The third kappa shape index (κ3) is 3.43. The first-order valence-electron chi connectivity index (χ1n) is 9.39. The Morgan fingerprint density at radius 2 is 1.97 bits per heavy atom. The molecule has 150 valence electrons. The van der Waals surface area contributed by atoms with Crippen molar-refractivity contribution >= 4 is 5.52 Å². The molecule has 0 spiro atoms. The van der Waals surface area contributed by atoms with Crippen molar-refractivity contribution in [2.45, 2.75) is 46.3 Å². The molecule has 0 bridgehead atoms. The molecular weight excluding hydrogens is 373 g/mol. The summed E-state index contributed by atoms with van der Waals surface area (Å²) in [6, 6.07) is 6.43. The van der Waals surface area contributed by atoms with Gasteiger partial charge in [0.25, 0.3) is 0 Å². The molecule has 0 saturated heterocycles. The fourth-order valence-corrected chi connectivity index (χ4v) is 3.28. The summed E-state index contributed by atoms with van der Waals surface area (Å²) in [6.45, 7) is 9.09. The first kappa shape index (κ1) is 19.0. The summed E-state index contributed by atoms with van der Waals surface area (Å²) in [5, 5.41) is 17.0. The predicted octanol–water partition coefficient (Wildman–Crippen LogP) is 3.42. The molecule has 29 heavy (non-hydrogen) atoms. The molecule has 4 rings (SSSR count). The lowest BCUT2D eigenvalue weighted by Gasteiger charge is -2.18.